The summed E-state index contributed by atoms with van der Waals surface area (Å²) < 4.78 is 10.6. The van der Waals surface area contributed by atoms with Crippen LogP contribution in [0, 0.1) is 18.3 Å². The fourth-order valence-corrected chi connectivity index (χ4v) is 4.65. The SMILES string of the molecule is COC(=O)c1c(C)sc2c1OC(N)=C(C#N)[C@H]2c1ccc2ccccc2c1. The third-order valence-corrected chi connectivity index (χ3v) is 5.86. The molecule has 134 valence electrons. The van der Waals surface area contributed by atoms with Crippen LogP contribution in [0.3, 0.4) is 0 Å². The molecule has 3 aromatic rings. The fraction of sp³-hybridized carbons (Fsp3) is 0.143. The third-order valence-electron chi connectivity index (χ3n) is 4.71. The van der Waals surface area contributed by atoms with Gasteiger partial charge in [-0.3, -0.25) is 0 Å². The Labute approximate surface area is 160 Å². The van der Waals surface area contributed by atoms with Gasteiger partial charge in [0.2, 0.25) is 5.88 Å². The lowest BCUT2D eigenvalue weighted by molar-refractivity contribution is 0.0597. The Morgan fingerprint density at radius 2 is 2.00 bits per heavy atom. The topological polar surface area (TPSA) is 85.3 Å². The van der Waals surface area contributed by atoms with Gasteiger partial charge in [0.15, 0.2) is 5.75 Å². The van der Waals surface area contributed by atoms with Gasteiger partial charge in [0.1, 0.15) is 17.2 Å². The van der Waals surface area contributed by atoms with E-state index in [4.69, 9.17) is 15.2 Å². The first-order valence-corrected chi connectivity index (χ1v) is 9.14. The number of aryl methyl sites for hydroxylation is 1. The summed E-state index contributed by atoms with van der Waals surface area (Å²) in [6, 6.07) is 16.3. The minimum atomic E-state index is -0.476. The van der Waals surface area contributed by atoms with Gasteiger partial charge in [-0.25, -0.2) is 4.79 Å². The van der Waals surface area contributed by atoms with E-state index in [0.29, 0.717) is 16.9 Å². The van der Waals surface area contributed by atoms with E-state index in [2.05, 4.69) is 6.07 Å². The highest BCUT2D eigenvalue weighted by Gasteiger charge is 2.37. The van der Waals surface area contributed by atoms with Gasteiger partial charge < -0.3 is 15.2 Å². The van der Waals surface area contributed by atoms with Crippen molar-refractivity contribution in [2.45, 2.75) is 12.8 Å². The highest BCUT2D eigenvalue weighted by Crippen LogP contribution is 2.49. The van der Waals surface area contributed by atoms with Crippen LogP contribution in [-0.4, -0.2) is 13.1 Å². The average molecular weight is 376 g/mol. The summed E-state index contributed by atoms with van der Waals surface area (Å²) >= 11 is 1.42. The Morgan fingerprint density at radius 1 is 1.26 bits per heavy atom. The van der Waals surface area contributed by atoms with E-state index >= 15 is 0 Å². The van der Waals surface area contributed by atoms with Crippen molar-refractivity contribution in [3.05, 3.63) is 74.8 Å². The Hall–Kier alpha value is -3.30. The molecule has 0 aliphatic carbocycles. The Kier molecular flexibility index (Phi) is 4.09. The zero-order valence-corrected chi connectivity index (χ0v) is 15.6. The van der Waals surface area contributed by atoms with Crippen LogP contribution < -0.4 is 10.5 Å². The molecule has 0 spiro atoms. The number of fused-ring (bicyclic) bond motifs is 2. The zero-order chi connectivity index (χ0) is 19.1. The van der Waals surface area contributed by atoms with Crippen molar-refractivity contribution in [1.82, 2.24) is 0 Å². The van der Waals surface area contributed by atoms with Crippen molar-refractivity contribution >= 4 is 28.1 Å². The maximum absolute atomic E-state index is 12.2. The quantitative estimate of drug-likeness (QED) is 0.677. The molecule has 1 atom stereocenters. The van der Waals surface area contributed by atoms with Gasteiger partial charge in [-0.2, -0.15) is 5.26 Å². The van der Waals surface area contributed by atoms with Crippen molar-refractivity contribution in [2.75, 3.05) is 7.11 Å². The van der Waals surface area contributed by atoms with E-state index in [1.807, 2.05) is 49.4 Å². The average Bonchev–Trinajstić information content (AvgIpc) is 3.01. The standard InChI is InChI=1S/C21H16N2O3S/c1-11-16(21(24)25-2)18-19(27-11)17(15(10-22)20(23)26-18)14-8-7-12-5-3-4-6-13(12)9-14/h3-9,17H,23H2,1-2H3/t17-/m1/s1. The molecule has 0 amide bonds. The molecule has 6 heteroatoms. The van der Waals surface area contributed by atoms with Gasteiger partial charge in [0, 0.05) is 4.88 Å². The Bertz CT molecular complexity index is 1150. The molecule has 0 bridgehead atoms. The van der Waals surface area contributed by atoms with E-state index in [1.54, 1.807) is 0 Å². The van der Waals surface area contributed by atoms with Gasteiger partial charge in [-0.1, -0.05) is 42.5 Å². The second kappa shape index (κ2) is 6.45. The number of hydrogen-bond donors (Lipinski definition) is 1. The first-order chi connectivity index (χ1) is 13.0. The van der Waals surface area contributed by atoms with Crippen molar-refractivity contribution in [2.24, 2.45) is 5.73 Å². The molecule has 5 nitrogen and oxygen atoms in total. The summed E-state index contributed by atoms with van der Waals surface area (Å²) in [6.45, 7) is 1.83. The largest absolute Gasteiger partial charge is 0.465 e. The van der Waals surface area contributed by atoms with Gasteiger partial charge in [-0.15, -0.1) is 11.3 Å². The van der Waals surface area contributed by atoms with E-state index in [0.717, 1.165) is 26.1 Å². The predicted octanol–water partition coefficient (Wildman–Crippen LogP) is 4.21. The van der Waals surface area contributed by atoms with Crippen molar-refractivity contribution < 1.29 is 14.3 Å². The highest BCUT2D eigenvalue weighted by atomic mass is 32.1. The van der Waals surface area contributed by atoms with Crippen LogP contribution >= 0.6 is 11.3 Å². The highest BCUT2D eigenvalue weighted by molar-refractivity contribution is 7.12. The second-order valence-corrected chi connectivity index (χ2v) is 7.51. The van der Waals surface area contributed by atoms with Crippen LogP contribution in [0.25, 0.3) is 10.8 Å². The lowest BCUT2D eigenvalue weighted by Gasteiger charge is -2.24. The van der Waals surface area contributed by atoms with Gasteiger partial charge >= 0.3 is 5.97 Å². The molecule has 2 N–H and O–H groups in total. The number of carbonyl (C=O) groups is 1. The van der Waals surface area contributed by atoms with Crippen LogP contribution in [-0.2, 0) is 4.74 Å². The summed E-state index contributed by atoms with van der Waals surface area (Å²) in [4.78, 5) is 13.8. The molecule has 0 saturated heterocycles. The third kappa shape index (κ3) is 2.64. The molecular weight excluding hydrogens is 360 g/mol. The first kappa shape index (κ1) is 17.1. The number of ether oxygens (including phenoxy) is 2. The molecule has 2 aromatic carbocycles. The summed E-state index contributed by atoms with van der Waals surface area (Å²) in [6.07, 6.45) is 0. The number of nitriles is 1. The van der Waals surface area contributed by atoms with Crippen LogP contribution in [0.5, 0.6) is 5.75 Å². The van der Waals surface area contributed by atoms with Crippen LogP contribution in [0.2, 0.25) is 0 Å². The monoisotopic (exact) mass is 376 g/mol. The van der Waals surface area contributed by atoms with E-state index in [-0.39, 0.29) is 11.8 Å². The molecule has 1 aliphatic heterocycles. The number of thiophene rings is 1. The zero-order valence-electron chi connectivity index (χ0n) is 14.8. The summed E-state index contributed by atoms with van der Waals surface area (Å²) in [7, 11) is 1.33. The normalized spacial score (nSPS) is 15.8. The van der Waals surface area contributed by atoms with Gasteiger partial charge in [0.25, 0.3) is 0 Å². The molecular formula is C21H16N2O3S. The molecule has 0 fully saturated rings. The predicted molar refractivity (Wildman–Crippen MR) is 104 cm³/mol. The molecule has 27 heavy (non-hydrogen) atoms. The van der Waals surface area contributed by atoms with Crippen molar-refractivity contribution in [3.63, 3.8) is 0 Å². The number of benzene rings is 2. The summed E-state index contributed by atoms with van der Waals surface area (Å²) in [5, 5.41) is 11.9. The molecule has 0 unspecified atom stereocenters. The molecule has 1 aliphatic rings. The van der Waals surface area contributed by atoms with Crippen molar-refractivity contribution in [3.8, 4) is 11.8 Å². The van der Waals surface area contributed by atoms with Crippen LogP contribution in [0.15, 0.2) is 53.9 Å². The van der Waals surface area contributed by atoms with Crippen LogP contribution in [0.1, 0.15) is 31.6 Å². The second-order valence-electron chi connectivity index (χ2n) is 6.25. The number of nitrogens with zero attached hydrogens (tertiary/aromatic N) is 1. The first-order valence-electron chi connectivity index (χ1n) is 8.33. The number of allylic oxidation sites excluding steroid dienone is 1. The van der Waals surface area contributed by atoms with E-state index in [9.17, 15) is 10.1 Å². The minimum Gasteiger partial charge on any atom is -0.465 e. The number of carbonyl (C=O) groups excluding carboxylic acids is 1. The Balaban J connectivity index is 1.96. The number of methoxy groups -OCH3 is 1. The summed E-state index contributed by atoms with van der Waals surface area (Å²) in [5.74, 6) is -0.453. The summed E-state index contributed by atoms with van der Waals surface area (Å²) in [5.41, 5.74) is 7.69. The smallest absolute Gasteiger partial charge is 0.342 e. The lowest BCUT2D eigenvalue weighted by atomic mass is 9.87. The van der Waals surface area contributed by atoms with E-state index in [1.165, 1.54) is 18.4 Å². The maximum Gasteiger partial charge on any atom is 0.342 e. The lowest BCUT2D eigenvalue weighted by Crippen LogP contribution is -2.21. The molecule has 0 radical (unpaired) electrons. The molecule has 0 saturated carbocycles. The number of hydrogen-bond acceptors (Lipinski definition) is 6. The number of esters is 1. The fourth-order valence-electron chi connectivity index (χ4n) is 3.44. The van der Waals surface area contributed by atoms with Crippen molar-refractivity contribution in [1.29, 1.82) is 5.26 Å². The minimum absolute atomic E-state index is 0.0195. The number of rotatable bonds is 2. The Morgan fingerprint density at radius 3 is 2.70 bits per heavy atom. The molecule has 4 rings (SSSR count). The van der Waals surface area contributed by atoms with Gasteiger partial charge in [-0.05, 0) is 23.3 Å². The van der Waals surface area contributed by atoms with E-state index < -0.39 is 5.97 Å². The molecule has 2 heterocycles. The number of nitrogens with two attached hydrogens (primary N) is 1. The van der Waals surface area contributed by atoms with Gasteiger partial charge in [0.05, 0.1) is 17.9 Å². The molecule has 1 aromatic heterocycles. The maximum atomic E-state index is 12.2. The van der Waals surface area contributed by atoms with Crippen LogP contribution in [0.4, 0.5) is 0 Å².